The van der Waals surface area contributed by atoms with Gasteiger partial charge in [-0.05, 0) is 30.4 Å². The van der Waals surface area contributed by atoms with Crippen molar-refractivity contribution in [2.45, 2.75) is 46.5 Å². The first-order valence-electron chi connectivity index (χ1n) is 11.2. The molecule has 1 aliphatic heterocycles. The molecule has 178 valence electrons. The molecule has 1 aliphatic carbocycles. The molecule has 0 aromatic heterocycles. The zero-order chi connectivity index (χ0) is 24.2. The summed E-state index contributed by atoms with van der Waals surface area (Å²) in [4.78, 5) is 42.4. The second kappa shape index (κ2) is 10.6. The van der Waals surface area contributed by atoms with Crippen molar-refractivity contribution in [3.05, 3.63) is 46.1 Å². The number of hydrogen-bond acceptors (Lipinski definition) is 6. The number of nitrogens with zero attached hydrogens (tertiary/aromatic N) is 1. The fraction of sp³-hybridized carbons (Fsp3) is 0.520. The minimum absolute atomic E-state index is 0.0438. The fourth-order valence-corrected chi connectivity index (χ4v) is 4.84. The molecule has 1 N–H and O–H groups in total. The van der Waals surface area contributed by atoms with Crippen LogP contribution in [0.4, 0.5) is 0 Å². The lowest BCUT2D eigenvalue weighted by Gasteiger charge is -2.41. The van der Waals surface area contributed by atoms with Crippen LogP contribution in [-0.2, 0) is 23.9 Å². The van der Waals surface area contributed by atoms with Gasteiger partial charge in [0.15, 0.2) is 0 Å². The van der Waals surface area contributed by atoms with Gasteiger partial charge in [-0.3, -0.25) is 14.6 Å². The number of carbonyl (C=O) groups is 3. The Morgan fingerprint density at radius 3 is 2.61 bits per heavy atom. The number of halogens is 1. The lowest BCUT2D eigenvalue weighted by atomic mass is 9.63. The first kappa shape index (κ1) is 25.1. The number of amides is 1. The molecular formula is C25H31ClN2O5. The summed E-state index contributed by atoms with van der Waals surface area (Å²) in [6.07, 6.45) is 1.03. The maximum absolute atomic E-state index is 13.4. The smallest absolute Gasteiger partial charge is 0.336 e. The minimum Gasteiger partial charge on any atom is -0.463 e. The monoisotopic (exact) mass is 474 g/mol. The van der Waals surface area contributed by atoms with Crippen molar-refractivity contribution < 1.29 is 23.9 Å². The maximum Gasteiger partial charge on any atom is 0.336 e. The Balaban J connectivity index is 2.08. The van der Waals surface area contributed by atoms with E-state index >= 15 is 0 Å². The van der Waals surface area contributed by atoms with Gasteiger partial charge < -0.3 is 14.8 Å². The summed E-state index contributed by atoms with van der Waals surface area (Å²) < 4.78 is 11.1. The highest BCUT2D eigenvalue weighted by molar-refractivity contribution is 6.31. The second-order valence-electron chi connectivity index (χ2n) is 9.18. The summed E-state index contributed by atoms with van der Waals surface area (Å²) in [5.74, 6) is -1.79. The average Bonchev–Trinajstić information content (AvgIpc) is 2.72. The predicted octanol–water partition coefficient (Wildman–Crippen LogP) is 3.85. The van der Waals surface area contributed by atoms with Gasteiger partial charge >= 0.3 is 5.97 Å². The van der Waals surface area contributed by atoms with Crippen molar-refractivity contribution in [1.82, 2.24) is 5.32 Å². The van der Waals surface area contributed by atoms with Gasteiger partial charge in [-0.15, -0.1) is 0 Å². The van der Waals surface area contributed by atoms with E-state index in [1.807, 2.05) is 32.0 Å². The zero-order valence-electron chi connectivity index (χ0n) is 19.6. The van der Waals surface area contributed by atoms with Gasteiger partial charge in [0, 0.05) is 36.5 Å². The highest BCUT2D eigenvalue weighted by Crippen LogP contribution is 2.48. The summed E-state index contributed by atoms with van der Waals surface area (Å²) in [5, 5.41) is 3.15. The first-order chi connectivity index (χ1) is 15.6. The quantitative estimate of drug-likeness (QED) is 0.456. The Bertz CT molecular complexity index is 998. The first-order valence-corrected chi connectivity index (χ1v) is 11.6. The average molecular weight is 475 g/mol. The van der Waals surface area contributed by atoms with Gasteiger partial charge in [0.2, 0.25) is 5.91 Å². The standard InChI is InChI=1S/C25H31ClN2O5/c1-5-33-24(31)23-19(14-32-11-10-27-15(2)29)28-18-12-25(3,4)13-20(30)22(18)21(23)16-8-6-7-9-17(16)26/h6-9,21-22H,5,10-14H2,1-4H3,(H,27,29). The number of hydrogen-bond donors (Lipinski definition) is 1. The number of ether oxygens (including phenoxy) is 2. The van der Waals surface area contributed by atoms with Crippen molar-refractivity contribution in [1.29, 1.82) is 0 Å². The highest BCUT2D eigenvalue weighted by atomic mass is 35.5. The Morgan fingerprint density at radius 2 is 1.94 bits per heavy atom. The van der Waals surface area contributed by atoms with Crippen molar-refractivity contribution in [3.63, 3.8) is 0 Å². The Labute approximate surface area is 199 Å². The molecule has 1 saturated carbocycles. The second-order valence-corrected chi connectivity index (χ2v) is 9.59. The summed E-state index contributed by atoms with van der Waals surface area (Å²) >= 11 is 6.57. The van der Waals surface area contributed by atoms with Gasteiger partial charge in [0.05, 0.1) is 37.0 Å². The molecule has 1 fully saturated rings. The van der Waals surface area contributed by atoms with Gasteiger partial charge in [0.1, 0.15) is 5.78 Å². The molecule has 0 saturated heterocycles. The molecule has 1 aromatic carbocycles. The third-order valence-electron chi connectivity index (χ3n) is 5.85. The topological polar surface area (TPSA) is 94.1 Å². The molecular weight excluding hydrogens is 444 g/mol. The van der Waals surface area contributed by atoms with Crippen LogP contribution in [0.2, 0.25) is 5.02 Å². The molecule has 2 aliphatic rings. The Morgan fingerprint density at radius 1 is 1.21 bits per heavy atom. The van der Waals surface area contributed by atoms with E-state index in [4.69, 9.17) is 26.1 Å². The third kappa shape index (κ3) is 5.89. The Kier molecular flexibility index (Phi) is 8.08. The molecule has 2 atom stereocenters. The summed E-state index contributed by atoms with van der Waals surface area (Å²) in [6, 6.07) is 7.26. The van der Waals surface area contributed by atoms with E-state index in [2.05, 4.69) is 5.32 Å². The normalized spacial score (nSPS) is 21.8. The van der Waals surface area contributed by atoms with Gasteiger partial charge in [-0.1, -0.05) is 43.6 Å². The van der Waals surface area contributed by atoms with Crippen molar-refractivity contribution >= 4 is 35.0 Å². The summed E-state index contributed by atoms with van der Waals surface area (Å²) in [5.41, 5.74) is 1.97. The van der Waals surface area contributed by atoms with Crippen LogP contribution in [0.5, 0.6) is 0 Å². The molecule has 1 heterocycles. The molecule has 0 bridgehead atoms. The number of rotatable bonds is 8. The predicted molar refractivity (Wildman–Crippen MR) is 126 cm³/mol. The van der Waals surface area contributed by atoms with Crippen LogP contribution in [0.3, 0.4) is 0 Å². The van der Waals surface area contributed by atoms with E-state index in [9.17, 15) is 14.4 Å². The molecule has 33 heavy (non-hydrogen) atoms. The SMILES string of the molecule is CCOC(=O)C1=C(COCCNC(C)=O)N=C2CC(C)(C)CC(=O)C2C1c1ccccc1Cl. The largest absolute Gasteiger partial charge is 0.463 e. The zero-order valence-corrected chi connectivity index (χ0v) is 20.3. The number of nitrogens with one attached hydrogen (secondary N) is 1. The number of carbonyl (C=O) groups excluding carboxylic acids is 3. The van der Waals surface area contributed by atoms with Gasteiger partial charge in [-0.25, -0.2) is 4.79 Å². The molecule has 8 heteroatoms. The number of Topliss-reactive ketones (excluding diaryl/α,β-unsaturated/α-hetero) is 1. The fourth-order valence-electron chi connectivity index (χ4n) is 4.59. The number of benzene rings is 1. The lowest BCUT2D eigenvalue weighted by Crippen LogP contribution is -2.44. The molecule has 3 rings (SSSR count). The van der Waals surface area contributed by atoms with Crippen LogP contribution in [-0.4, -0.2) is 49.7 Å². The molecule has 0 spiro atoms. The van der Waals surface area contributed by atoms with E-state index in [0.717, 1.165) is 5.71 Å². The van der Waals surface area contributed by atoms with Gasteiger partial charge in [-0.2, -0.15) is 0 Å². The lowest BCUT2D eigenvalue weighted by molar-refractivity contribution is -0.139. The van der Waals surface area contributed by atoms with Crippen LogP contribution in [0, 0.1) is 11.3 Å². The van der Waals surface area contributed by atoms with Crippen LogP contribution >= 0.6 is 11.6 Å². The van der Waals surface area contributed by atoms with Crippen LogP contribution in [0.15, 0.2) is 40.5 Å². The number of esters is 1. The van der Waals surface area contributed by atoms with E-state index in [1.165, 1.54) is 6.92 Å². The van der Waals surface area contributed by atoms with Gasteiger partial charge in [0.25, 0.3) is 0 Å². The highest BCUT2D eigenvalue weighted by Gasteiger charge is 2.48. The van der Waals surface area contributed by atoms with E-state index in [-0.39, 0.29) is 36.9 Å². The third-order valence-corrected chi connectivity index (χ3v) is 6.19. The number of aliphatic imine (C=N–C) groups is 1. The van der Waals surface area contributed by atoms with Crippen molar-refractivity contribution in [2.75, 3.05) is 26.4 Å². The van der Waals surface area contributed by atoms with E-state index in [1.54, 1.807) is 13.0 Å². The summed E-state index contributed by atoms with van der Waals surface area (Å²) in [6.45, 7) is 8.11. The molecule has 7 nitrogen and oxygen atoms in total. The molecule has 0 radical (unpaired) electrons. The van der Waals surface area contributed by atoms with Crippen molar-refractivity contribution in [3.8, 4) is 0 Å². The van der Waals surface area contributed by atoms with Crippen LogP contribution in [0.25, 0.3) is 0 Å². The maximum atomic E-state index is 13.4. The summed E-state index contributed by atoms with van der Waals surface area (Å²) in [7, 11) is 0. The Hall–Kier alpha value is -2.51. The number of ketones is 1. The van der Waals surface area contributed by atoms with Crippen LogP contribution in [0.1, 0.15) is 52.0 Å². The minimum atomic E-state index is -0.595. The van der Waals surface area contributed by atoms with Crippen LogP contribution < -0.4 is 5.32 Å². The number of fused-ring (bicyclic) bond motifs is 1. The van der Waals surface area contributed by atoms with E-state index in [0.29, 0.717) is 41.2 Å². The molecule has 1 aromatic rings. The van der Waals surface area contributed by atoms with Crippen molar-refractivity contribution in [2.24, 2.45) is 16.3 Å². The van der Waals surface area contributed by atoms with E-state index < -0.39 is 17.8 Å². The molecule has 2 unspecified atom stereocenters. The molecule has 1 amide bonds.